The zero-order valence-corrected chi connectivity index (χ0v) is 21.4. The summed E-state index contributed by atoms with van der Waals surface area (Å²) in [7, 11) is 0. The summed E-state index contributed by atoms with van der Waals surface area (Å²) in [4.78, 5) is 0. The summed E-state index contributed by atoms with van der Waals surface area (Å²) < 4.78 is 0. The first-order valence-electron chi connectivity index (χ1n) is 11.8. The second-order valence-corrected chi connectivity index (χ2v) is 10.1. The molecule has 1 aliphatic carbocycles. The second kappa shape index (κ2) is 9.50. The lowest BCUT2D eigenvalue weighted by Gasteiger charge is -2.30. The van der Waals surface area contributed by atoms with Gasteiger partial charge in [0.05, 0.1) is 0 Å². The molecule has 0 heteroatoms. The van der Waals surface area contributed by atoms with Crippen LogP contribution in [0, 0.1) is 0 Å². The maximum atomic E-state index is 2.49. The Bertz CT molecular complexity index is 730. The van der Waals surface area contributed by atoms with Gasteiger partial charge in [-0.05, 0) is 50.6 Å². The lowest BCUT2D eigenvalue weighted by Crippen LogP contribution is -2.22. The zero-order chi connectivity index (χ0) is 22.6. The Morgan fingerprint density at radius 1 is 0.655 bits per heavy atom. The highest BCUT2D eigenvalue weighted by atomic mass is 14.4. The summed E-state index contributed by atoms with van der Waals surface area (Å²) in [6, 6.07) is 14.4. The van der Waals surface area contributed by atoms with Crippen molar-refractivity contribution >= 4 is 0 Å². The van der Waals surface area contributed by atoms with Crippen molar-refractivity contribution < 1.29 is 0 Å². The third-order valence-electron chi connectivity index (χ3n) is 6.00. The Kier molecular flexibility index (Phi) is 8.35. The monoisotopic (exact) mass is 394 g/mol. The molecule has 0 saturated carbocycles. The Hall–Kier alpha value is -1.56. The normalized spacial score (nSPS) is 14.1. The van der Waals surface area contributed by atoms with E-state index in [-0.39, 0.29) is 16.2 Å². The molecule has 162 valence electrons. The maximum Gasteiger partial charge on any atom is 0.0187 e. The van der Waals surface area contributed by atoms with Crippen LogP contribution in [0.1, 0.15) is 118 Å². The van der Waals surface area contributed by atoms with Crippen LogP contribution in [0.5, 0.6) is 0 Å². The van der Waals surface area contributed by atoms with Crippen LogP contribution >= 0.6 is 0 Å². The van der Waals surface area contributed by atoms with E-state index in [0.717, 1.165) is 0 Å². The number of rotatable bonds is 2. The van der Waals surface area contributed by atoms with Crippen molar-refractivity contribution in [3.63, 3.8) is 0 Å². The summed E-state index contributed by atoms with van der Waals surface area (Å²) in [6.45, 7) is 26.6. The molecule has 0 aliphatic heterocycles. The van der Waals surface area contributed by atoms with Crippen LogP contribution in [0.2, 0.25) is 0 Å². The van der Waals surface area contributed by atoms with Gasteiger partial charge in [-0.25, -0.2) is 0 Å². The third-order valence-corrected chi connectivity index (χ3v) is 6.00. The first-order valence-corrected chi connectivity index (χ1v) is 11.8. The molecule has 0 N–H and O–H groups in total. The summed E-state index contributed by atoms with van der Waals surface area (Å²) in [5.74, 6) is 0. The molecule has 2 aromatic carbocycles. The second-order valence-electron chi connectivity index (χ2n) is 10.1. The fourth-order valence-electron chi connectivity index (χ4n) is 4.32. The van der Waals surface area contributed by atoms with E-state index in [1.807, 2.05) is 27.7 Å². The molecule has 0 atom stereocenters. The van der Waals surface area contributed by atoms with Gasteiger partial charge in [0.1, 0.15) is 0 Å². The van der Waals surface area contributed by atoms with Gasteiger partial charge in [-0.3, -0.25) is 0 Å². The lowest BCUT2D eigenvalue weighted by atomic mass is 9.73. The quantitative estimate of drug-likeness (QED) is 0.475. The maximum absolute atomic E-state index is 2.49. The van der Waals surface area contributed by atoms with E-state index in [9.17, 15) is 0 Å². The van der Waals surface area contributed by atoms with Crippen molar-refractivity contribution in [1.29, 1.82) is 0 Å². The van der Waals surface area contributed by atoms with Crippen LogP contribution in [-0.4, -0.2) is 0 Å². The molecule has 0 unspecified atom stereocenters. The Labute approximate surface area is 182 Å². The Morgan fingerprint density at radius 3 is 1.28 bits per heavy atom. The molecule has 29 heavy (non-hydrogen) atoms. The van der Waals surface area contributed by atoms with E-state index in [2.05, 4.69) is 91.8 Å². The molecule has 0 spiro atoms. The van der Waals surface area contributed by atoms with Crippen molar-refractivity contribution in [2.75, 3.05) is 0 Å². The van der Waals surface area contributed by atoms with Crippen molar-refractivity contribution in [2.24, 2.45) is 0 Å². The average Bonchev–Trinajstić information content (AvgIpc) is 2.92. The fraction of sp³-hybridized carbons (Fsp3) is 0.586. The molecule has 2 aromatic rings. The molecule has 0 radical (unpaired) electrons. The van der Waals surface area contributed by atoms with Gasteiger partial charge in [-0.15, -0.1) is 0 Å². The summed E-state index contributed by atoms with van der Waals surface area (Å²) in [6.07, 6.45) is 2.41. The van der Waals surface area contributed by atoms with Crippen LogP contribution in [0.15, 0.2) is 36.4 Å². The van der Waals surface area contributed by atoms with E-state index in [0.29, 0.717) is 0 Å². The Balaban J connectivity index is 0.000000989. The molecule has 0 heterocycles. The summed E-state index contributed by atoms with van der Waals surface area (Å²) in [5.41, 5.74) is 9.34. The molecule has 3 rings (SSSR count). The molecule has 0 aromatic heterocycles. The van der Waals surface area contributed by atoms with Crippen LogP contribution in [0.4, 0.5) is 0 Å². The van der Waals surface area contributed by atoms with E-state index in [1.165, 1.54) is 46.2 Å². The summed E-state index contributed by atoms with van der Waals surface area (Å²) in [5, 5.41) is 0. The van der Waals surface area contributed by atoms with Gasteiger partial charge in [0, 0.05) is 5.41 Å². The number of hydrogen-bond donors (Lipinski definition) is 0. The molecule has 1 aliphatic rings. The molecule has 0 nitrogen and oxygen atoms in total. The fourth-order valence-corrected chi connectivity index (χ4v) is 4.32. The molecule has 0 amide bonds. The van der Waals surface area contributed by atoms with E-state index >= 15 is 0 Å². The zero-order valence-electron chi connectivity index (χ0n) is 21.4. The van der Waals surface area contributed by atoms with Gasteiger partial charge in [-0.2, -0.15) is 0 Å². The van der Waals surface area contributed by atoms with E-state index in [1.54, 1.807) is 0 Å². The van der Waals surface area contributed by atoms with Crippen molar-refractivity contribution in [3.8, 4) is 11.1 Å². The van der Waals surface area contributed by atoms with Gasteiger partial charge < -0.3 is 0 Å². The van der Waals surface area contributed by atoms with Crippen molar-refractivity contribution in [3.05, 3.63) is 58.7 Å². The van der Waals surface area contributed by atoms with Crippen LogP contribution in [0.25, 0.3) is 11.1 Å². The van der Waals surface area contributed by atoms with Gasteiger partial charge in [-0.1, -0.05) is 126 Å². The number of benzene rings is 2. The molecule has 0 bridgehead atoms. The molecule has 0 fully saturated rings. The topological polar surface area (TPSA) is 0 Å². The molecular formula is C29H46. The SMILES string of the molecule is CC.CC.CCCC1(C)c2cc(C(C)(C)C)ccc2-c2ccc(C(C)(C)C)cc21. The van der Waals surface area contributed by atoms with Gasteiger partial charge in [0.15, 0.2) is 0 Å². The predicted molar refractivity (Wildman–Crippen MR) is 133 cm³/mol. The van der Waals surface area contributed by atoms with Crippen molar-refractivity contribution in [2.45, 2.75) is 112 Å². The average molecular weight is 395 g/mol. The highest BCUT2D eigenvalue weighted by Crippen LogP contribution is 2.52. The Morgan fingerprint density at radius 2 is 1.00 bits per heavy atom. The molecule has 0 saturated heterocycles. The minimum atomic E-state index is 0.127. The lowest BCUT2D eigenvalue weighted by molar-refractivity contribution is 0.516. The first kappa shape index (κ1) is 25.5. The van der Waals surface area contributed by atoms with Crippen LogP contribution < -0.4 is 0 Å². The van der Waals surface area contributed by atoms with Gasteiger partial charge >= 0.3 is 0 Å². The third kappa shape index (κ3) is 4.96. The van der Waals surface area contributed by atoms with Crippen LogP contribution in [0.3, 0.4) is 0 Å². The first-order chi connectivity index (χ1) is 13.5. The highest BCUT2D eigenvalue weighted by Gasteiger charge is 2.39. The smallest absolute Gasteiger partial charge is 0.0187 e. The van der Waals surface area contributed by atoms with Crippen LogP contribution in [-0.2, 0) is 16.2 Å². The molecular weight excluding hydrogens is 348 g/mol. The minimum absolute atomic E-state index is 0.127. The number of hydrogen-bond acceptors (Lipinski definition) is 0. The van der Waals surface area contributed by atoms with Crippen molar-refractivity contribution in [1.82, 2.24) is 0 Å². The van der Waals surface area contributed by atoms with E-state index in [4.69, 9.17) is 0 Å². The minimum Gasteiger partial charge on any atom is -0.0683 e. The summed E-state index contributed by atoms with van der Waals surface area (Å²) >= 11 is 0. The van der Waals surface area contributed by atoms with Gasteiger partial charge in [0.25, 0.3) is 0 Å². The number of fused-ring (bicyclic) bond motifs is 3. The van der Waals surface area contributed by atoms with E-state index < -0.39 is 0 Å². The largest absolute Gasteiger partial charge is 0.0683 e. The predicted octanol–water partition coefficient (Wildman–Crippen LogP) is 9.42. The highest BCUT2D eigenvalue weighted by molar-refractivity contribution is 5.81. The van der Waals surface area contributed by atoms with Gasteiger partial charge in [0.2, 0.25) is 0 Å². The standard InChI is InChI=1S/C25H34.2C2H6/c1-9-14-25(8)21-15-17(23(2,3)4)10-12-19(21)20-13-11-18(16-22(20)25)24(5,6)7;2*1-2/h10-13,15-16H,9,14H2,1-8H3;2*1-2H3.